The smallest absolute Gasteiger partial charge is 0.226 e. The van der Waals surface area contributed by atoms with Gasteiger partial charge in [-0.1, -0.05) is 42.5 Å². The number of rotatable bonds is 2. The second kappa shape index (κ2) is 6.44. The van der Waals surface area contributed by atoms with E-state index in [-0.39, 0.29) is 5.78 Å². The minimum atomic E-state index is 0.0277. The van der Waals surface area contributed by atoms with Crippen molar-refractivity contribution in [1.82, 2.24) is 4.90 Å². The Balaban J connectivity index is 1.77. The van der Waals surface area contributed by atoms with Gasteiger partial charge in [0.05, 0.1) is 5.57 Å². The van der Waals surface area contributed by atoms with Crippen molar-refractivity contribution < 1.29 is 4.79 Å². The molecule has 0 amide bonds. The zero-order valence-electron chi connectivity index (χ0n) is 16.1. The maximum atomic E-state index is 13.6. The van der Waals surface area contributed by atoms with Gasteiger partial charge >= 0.3 is 0 Å². The molecule has 2 aliphatic heterocycles. The standard InChI is InChI=1S/C23H22N4O/c1-26(2)23-24-20-15-9-3-4-10-16(15)22(28)19(21(20)25-23)17-11-5-6-12-18(17)27-13-7-8-14-27/h3-6,9-12H,7-8,13-14H2,1-2H3. The van der Waals surface area contributed by atoms with Gasteiger partial charge in [0.15, 0.2) is 5.78 Å². The van der Waals surface area contributed by atoms with Crippen LogP contribution < -0.4 is 4.90 Å². The monoisotopic (exact) mass is 370 g/mol. The predicted molar refractivity (Wildman–Crippen MR) is 113 cm³/mol. The summed E-state index contributed by atoms with van der Waals surface area (Å²) < 4.78 is 0. The van der Waals surface area contributed by atoms with Crippen molar-refractivity contribution in [2.45, 2.75) is 12.8 Å². The molecule has 2 aromatic rings. The van der Waals surface area contributed by atoms with Crippen LogP contribution in [0.2, 0.25) is 0 Å². The lowest BCUT2D eigenvalue weighted by Gasteiger charge is -2.25. The van der Waals surface area contributed by atoms with Crippen LogP contribution >= 0.6 is 0 Å². The minimum absolute atomic E-state index is 0.0277. The van der Waals surface area contributed by atoms with E-state index in [4.69, 9.17) is 9.98 Å². The van der Waals surface area contributed by atoms with Gasteiger partial charge in [0.25, 0.3) is 0 Å². The normalized spacial score (nSPS) is 18.1. The molecule has 28 heavy (non-hydrogen) atoms. The first-order valence-electron chi connectivity index (χ1n) is 9.73. The summed E-state index contributed by atoms with van der Waals surface area (Å²) in [5, 5.41) is 0. The number of hydrogen-bond acceptors (Lipinski definition) is 5. The molecule has 0 N–H and O–H groups in total. The van der Waals surface area contributed by atoms with E-state index in [0.717, 1.165) is 35.6 Å². The zero-order valence-corrected chi connectivity index (χ0v) is 16.1. The Labute approximate surface area is 164 Å². The number of fused-ring (bicyclic) bond motifs is 3. The highest BCUT2D eigenvalue weighted by atomic mass is 16.1. The molecule has 0 spiro atoms. The van der Waals surface area contributed by atoms with Gasteiger partial charge in [0.1, 0.15) is 11.4 Å². The van der Waals surface area contributed by atoms with Gasteiger partial charge in [-0.25, -0.2) is 9.98 Å². The van der Waals surface area contributed by atoms with Crippen molar-refractivity contribution in [1.29, 1.82) is 0 Å². The molecule has 1 fully saturated rings. The molecule has 3 aliphatic rings. The number of ketones is 1. The van der Waals surface area contributed by atoms with E-state index in [1.54, 1.807) is 0 Å². The van der Waals surface area contributed by atoms with Gasteiger partial charge in [-0.3, -0.25) is 4.79 Å². The van der Waals surface area contributed by atoms with Crippen LogP contribution in [-0.4, -0.2) is 49.5 Å². The molecule has 5 heteroatoms. The van der Waals surface area contributed by atoms with Crippen molar-refractivity contribution >= 4 is 28.7 Å². The second-order valence-corrected chi connectivity index (χ2v) is 7.58. The summed E-state index contributed by atoms with van der Waals surface area (Å²) in [6, 6.07) is 15.9. The highest BCUT2D eigenvalue weighted by molar-refractivity contribution is 6.43. The highest BCUT2D eigenvalue weighted by Gasteiger charge is 2.36. The van der Waals surface area contributed by atoms with Crippen LogP contribution in [0.5, 0.6) is 0 Å². The summed E-state index contributed by atoms with van der Waals surface area (Å²) in [5.74, 6) is 0.658. The van der Waals surface area contributed by atoms with Crippen molar-refractivity contribution in [3.63, 3.8) is 0 Å². The number of allylic oxidation sites excluding steroid dienone is 2. The highest BCUT2D eigenvalue weighted by Crippen LogP contribution is 2.39. The molecule has 5 rings (SSSR count). The molecule has 1 aliphatic carbocycles. The van der Waals surface area contributed by atoms with Crippen LogP contribution in [0.4, 0.5) is 5.69 Å². The van der Waals surface area contributed by atoms with E-state index in [2.05, 4.69) is 11.0 Å². The number of anilines is 1. The largest absolute Gasteiger partial charge is 0.371 e. The van der Waals surface area contributed by atoms with Crippen LogP contribution in [0, 0.1) is 0 Å². The minimum Gasteiger partial charge on any atom is -0.371 e. The number of benzene rings is 2. The maximum absolute atomic E-state index is 13.6. The fourth-order valence-corrected chi connectivity index (χ4v) is 4.19. The molecule has 2 heterocycles. The summed E-state index contributed by atoms with van der Waals surface area (Å²) in [6.07, 6.45) is 2.37. The summed E-state index contributed by atoms with van der Waals surface area (Å²) in [5.41, 5.74) is 5.79. The molecule has 0 saturated carbocycles. The van der Waals surface area contributed by atoms with Crippen LogP contribution in [0.1, 0.15) is 34.3 Å². The van der Waals surface area contributed by atoms with E-state index in [9.17, 15) is 4.79 Å². The van der Waals surface area contributed by atoms with E-state index in [1.807, 2.05) is 61.5 Å². The Morgan fingerprint density at radius 3 is 2.21 bits per heavy atom. The Hall–Kier alpha value is -3.21. The number of carbonyl (C=O) groups excluding carboxylic acids is 1. The summed E-state index contributed by atoms with van der Waals surface area (Å²) in [7, 11) is 3.85. The summed E-state index contributed by atoms with van der Waals surface area (Å²) in [4.78, 5) is 27.4. The van der Waals surface area contributed by atoms with E-state index >= 15 is 0 Å². The third kappa shape index (κ3) is 2.50. The Bertz CT molecular complexity index is 1070. The average molecular weight is 370 g/mol. The van der Waals surface area contributed by atoms with Crippen LogP contribution in [0.3, 0.4) is 0 Å². The van der Waals surface area contributed by atoms with Crippen molar-refractivity contribution in [3.05, 3.63) is 70.9 Å². The molecular weight excluding hydrogens is 348 g/mol. The first kappa shape index (κ1) is 16.9. The summed E-state index contributed by atoms with van der Waals surface area (Å²) >= 11 is 0. The van der Waals surface area contributed by atoms with E-state index < -0.39 is 0 Å². The van der Waals surface area contributed by atoms with Crippen LogP contribution in [-0.2, 0) is 0 Å². The molecular formula is C23H22N4O. The van der Waals surface area contributed by atoms with Gasteiger partial charge in [0, 0.05) is 49.6 Å². The number of aliphatic imine (C=N–C) groups is 2. The summed E-state index contributed by atoms with van der Waals surface area (Å²) in [6.45, 7) is 2.05. The number of Topliss-reactive ketones (excluding diaryl/α,β-unsaturated/α-hetero) is 1. The second-order valence-electron chi connectivity index (χ2n) is 7.58. The van der Waals surface area contributed by atoms with Crippen LogP contribution in [0.25, 0.3) is 5.57 Å². The van der Waals surface area contributed by atoms with Crippen molar-refractivity contribution in [3.8, 4) is 0 Å². The topological polar surface area (TPSA) is 48.3 Å². The molecule has 0 radical (unpaired) electrons. The molecule has 0 aromatic heterocycles. The van der Waals surface area contributed by atoms with Gasteiger partial charge < -0.3 is 9.80 Å². The molecule has 2 aromatic carbocycles. The fraction of sp³-hybridized carbons (Fsp3) is 0.261. The predicted octanol–water partition coefficient (Wildman–Crippen LogP) is 3.61. The number of guanidine groups is 1. The lowest BCUT2D eigenvalue weighted by Crippen LogP contribution is -2.23. The Kier molecular flexibility index (Phi) is 3.90. The molecule has 1 saturated heterocycles. The van der Waals surface area contributed by atoms with Crippen molar-refractivity contribution in [2.24, 2.45) is 9.98 Å². The lowest BCUT2D eigenvalue weighted by atomic mass is 9.83. The number of para-hydroxylation sites is 1. The molecule has 0 atom stereocenters. The number of carbonyl (C=O) groups is 1. The quantitative estimate of drug-likeness (QED) is 0.811. The third-order valence-electron chi connectivity index (χ3n) is 5.56. The molecule has 0 bridgehead atoms. The SMILES string of the molecule is CN(C)C1=NC2=C(c3ccccc3N3CCCC3)C(=O)c3ccccc3C2=N1. The Morgan fingerprint density at radius 2 is 1.50 bits per heavy atom. The van der Waals surface area contributed by atoms with E-state index in [0.29, 0.717) is 22.8 Å². The van der Waals surface area contributed by atoms with Crippen LogP contribution in [0.15, 0.2) is 64.2 Å². The van der Waals surface area contributed by atoms with Gasteiger partial charge in [-0.15, -0.1) is 0 Å². The first-order chi connectivity index (χ1) is 13.6. The molecule has 5 nitrogen and oxygen atoms in total. The molecule has 140 valence electrons. The van der Waals surface area contributed by atoms with Gasteiger partial charge in [-0.2, -0.15) is 0 Å². The number of nitrogens with zero attached hydrogens (tertiary/aromatic N) is 4. The average Bonchev–Trinajstić information content (AvgIpc) is 3.39. The number of hydrogen-bond donors (Lipinski definition) is 0. The van der Waals surface area contributed by atoms with Gasteiger partial charge in [0.2, 0.25) is 5.96 Å². The Morgan fingerprint density at radius 1 is 0.857 bits per heavy atom. The van der Waals surface area contributed by atoms with Gasteiger partial charge in [-0.05, 0) is 18.9 Å². The fourth-order valence-electron chi connectivity index (χ4n) is 4.19. The zero-order chi connectivity index (χ0) is 19.3. The van der Waals surface area contributed by atoms with E-state index in [1.165, 1.54) is 12.8 Å². The maximum Gasteiger partial charge on any atom is 0.226 e. The lowest BCUT2D eigenvalue weighted by molar-refractivity contribution is 0.105. The first-order valence-corrected chi connectivity index (χ1v) is 9.73. The van der Waals surface area contributed by atoms with Crippen molar-refractivity contribution in [2.75, 3.05) is 32.1 Å². The third-order valence-corrected chi connectivity index (χ3v) is 5.56. The molecule has 0 unspecified atom stereocenters.